The molecule has 1 N–H and O–H groups in total. The van der Waals surface area contributed by atoms with Crippen molar-refractivity contribution in [3.8, 4) is 0 Å². The van der Waals surface area contributed by atoms with Gasteiger partial charge >= 0.3 is 0 Å². The van der Waals surface area contributed by atoms with Gasteiger partial charge in [0.2, 0.25) is 0 Å². The highest BCUT2D eigenvalue weighted by atomic mass is 16.5. The van der Waals surface area contributed by atoms with Crippen molar-refractivity contribution in [1.29, 1.82) is 0 Å². The molecule has 2 nitrogen and oxygen atoms in total. The van der Waals surface area contributed by atoms with Gasteiger partial charge in [-0.1, -0.05) is 13.3 Å². The van der Waals surface area contributed by atoms with Crippen LogP contribution in [0.1, 0.15) is 46.5 Å². The highest BCUT2D eigenvalue weighted by Gasteiger charge is 2.39. The number of hydrogen-bond donors (Lipinski definition) is 1. The molecule has 0 amide bonds. The molecule has 0 aliphatic heterocycles. The van der Waals surface area contributed by atoms with E-state index in [1.54, 1.807) is 0 Å². The lowest BCUT2D eigenvalue weighted by Gasteiger charge is -2.41. The van der Waals surface area contributed by atoms with E-state index in [4.69, 9.17) is 4.74 Å². The molecule has 0 aromatic carbocycles. The van der Waals surface area contributed by atoms with Gasteiger partial charge in [0.15, 0.2) is 0 Å². The Labute approximate surface area is 81.3 Å². The fourth-order valence-corrected chi connectivity index (χ4v) is 1.98. The molecule has 0 saturated heterocycles. The van der Waals surface area contributed by atoms with Gasteiger partial charge in [-0.05, 0) is 39.0 Å². The second kappa shape index (κ2) is 4.43. The molecule has 0 aromatic heterocycles. The second-order valence-electron chi connectivity index (χ2n) is 4.24. The van der Waals surface area contributed by atoms with E-state index >= 15 is 0 Å². The Kier molecular flexibility index (Phi) is 3.74. The maximum Gasteiger partial charge on any atom is 0.0912 e. The van der Waals surface area contributed by atoms with Crippen LogP contribution in [0.3, 0.4) is 0 Å². The second-order valence-corrected chi connectivity index (χ2v) is 4.24. The van der Waals surface area contributed by atoms with E-state index < -0.39 is 0 Å². The summed E-state index contributed by atoms with van der Waals surface area (Å²) < 4.78 is 5.65. The molecular formula is C11H22O2. The van der Waals surface area contributed by atoms with Crippen molar-refractivity contribution >= 4 is 0 Å². The van der Waals surface area contributed by atoms with Gasteiger partial charge in [0.25, 0.3) is 0 Å². The molecule has 2 atom stereocenters. The Morgan fingerprint density at radius 1 is 1.46 bits per heavy atom. The van der Waals surface area contributed by atoms with E-state index in [-0.39, 0.29) is 11.7 Å². The predicted octanol–water partition coefficient (Wildman–Crippen LogP) is 2.35. The quantitative estimate of drug-likeness (QED) is 0.714. The highest BCUT2D eigenvalue weighted by Crippen LogP contribution is 2.36. The van der Waals surface area contributed by atoms with Crippen LogP contribution in [-0.4, -0.2) is 23.4 Å². The molecule has 1 fully saturated rings. The fraction of sp³-hybridized carbons (Fsp3) is 1.00. The van der Waals surface area contributed by atoms with Gasteiger partial charge in [-0.25, -0.2) is 0 Å². The summed E-state index contributed by atoms with van der Waals surface area (Å²) in [4.78, 5) is 0. The Morgan fingerprint density at radius 3 is 2.38 bits per heavy atom. The Morgan fingerprint density at radius 2 is 2.08 bits per heavy atom. The smallest absolute Gasteiger partial charge is 0.0912 e. The fourth-order valence-electron chi connectivity index (χ4n) is 1.98. The van der Waals surface area contributed by atoms with Crippen LogP contribution < -0.4 is 0 Å². The summed E-state index contributed by atoms with van der Waals surface area (Å²) in [7, 11) is 0. The van der Waals surface area contributed by atoms with E-state index in [9.17, 15) is 5.11 Å². The number of ether oxygens (including phenoxy) is 1. The lowest BCUT2D eigenvalue weighted by Crippen LogP contribution is -2.47. The van der Waals surface area contributed by atoms with Crippen LogP contribution in [0.25, 0.3) is 0 Å². The summed E-state index contributed by atoms with van der Waals surface area (Å²) >= 11 is 0. The zero-order valence-corrected chi connectivity index (χ0v) is 9.05. The first-order valence-corrected chi connectivity index (χ1v) is 5.46. The SMILES string of the molecule is CCOC(C)(CC)C(O)C1CCC1. The largest absolute Gasteiger partial charge is 0.390 e. The third-order valence-corrected chi connectivity index (χ3v) is 3.40. The highest BCUT2D eigenvalue weighted by molar-refractivity contribution is 4.90. The summed E-state index contributed by atoms with van der Waals surface area (Å²) in [5.41, 5.74) is -0.320. The monoisotopic (exact) mass is 186 g/mol. The van der Waals surface area contributed by atoms with Gasteiger partial charge in [-0.2, -0.15) is 0 Å². The predicted molar refractivity (Wildman–Crippen MR) is 53.7 cm³/mol. The van der Waals surface area contributed by atoms with E-state index in [0.717, 1.165) is 6.42 Å². The summed E-state index contributed by atoms with van der Waals surface area (Å²) in [6, 6.07) is 0. The third kappa shape index (κ3) is 2.23. The van der Waals surface area contributed by atoms with Gasteiger partial charge in [0, 0.05) is 6.61 Å². The average Bonchev–Trinajstić information content (AvgIpc) is 2.01. The van der Waals surface area contributed by atoms with Gasteiger partial charge in [-0.3, -0.25) is 0 Å². The molecule has 1 saturated carbocycles. The standard InChI is InChI=1S/C11H22O2/c1-4-11(3,13-5-2)10(12)9-7-6-8-9/h9-10,12H,4-8H2,1-3H3. The van der Waals surface area contributed by atoms with Crippen LogP contribution in [0.2, 0.25) is 0 Å². The van der Waals surface area contributed by atoms with Gasteiger partial charge in [0.1, 0.15) is 0 Å². The Hall–Kier alpha value is -0.0800. The number of rotatable bonds is 5. The van der Waals surface area contributed by atoms with E-state index in [1.807, 2.05) is 13.8 Å². The first kappa shape index (κ1) is 11.0. The molecule has 0 aromatic rings. The zero-order chi connectivity index (χ0) is 9.90. The average molecular weight is 186 g/mol. The Balaban J connectivity index is 2.51. The molecule has 1 aliphatic carbocycles. The molecule has 1 aliphatic rings. The molecule has 78 valence electrons. The first-order chi connectivity index (χ1) is 6.14. The summed E-state index contributed by atoms with van der Waals surface area (Å²) in [5, 5.41) is 10.1. The molecule has 13 heavy (non-hydrogen) atoms. The molecule has 0 radical (unpaired) electrons. The lowest BCUT2D eigenvalue weighted by molar-refractivity contribution is -0.141. The van der Waals surface area contributed by atoms with Gasteiger partial charge < -0.3 is 9.84 Å². The lowest BCUT2D eigenvalue weighted by atomic mass is 9.74. The minimum atomic E-state index is -0.320. The molecule has 0 spiro atoms. The van der Waals surface area contributed by atoms with Crippen LogP contribution >= 0.6 is 0 Å². The maximum atomic E-state index is 10.1. The summed E-state index contributed by atoms with van der Waals surface area (Å²) in [5.74, 6) is 0.483. The van der Waals surface area contributed by atoms with Crippen molar-refractivity contribution in [1.82, 2.24) is 0 Å². The van der Waals surface area contributed by atoms with Crippen molar-refractivity contribution in [2.75, 3.05) is 6.61 Å². The van der Waals surface area contributed by atoms with Gasteiger partial charge in [0.05, 0.1) is 11.7 Å². The van der Waals surface area contributed by atoms with E-state index in [2.05, 4.69) is 6.92 Å². The van der Waals surface area contributed by atoms with E-state index in [1.165, 1.54) is 19.3 Å². The maximum absolute atomic E-state index is 10.1. The van der Waals surface area contributed by atoms with Crippen LogP contribution in [0, 0.1) is 5.92 Å². The topological polar surface area (TPSA) is 29.5 Å². The summed E-state index contributed by atoms with van der Waals surface area (Å²) in [6.07, 6.45) is 4.23. The van der Waals surface area contributed by atoms with Crippen LogP contribution in [0.5, 0.6) is 0 Å². The molecule has 2 heteroatoms. The van der Waals surface area contributed by atoms with Crippen molar-refractivity contribution in [2.24, 2.45) is 5.92 Å². The minimum Gasteiger partial charge on any atom is -0.390 e. The molecule has 1 rings (SSSR count). The van der Waals surface area contributed by atoms with Gasteiger partial charge in [-0.15, -0.1) is 0 Å². The molecular weight excluding hydrogens is 164 g/mol. The van der Waals surface area contributed by atoms with E-state index in [0.29, 0.717) is 12.5 Å². The zero-order valence-electron chi connectivity index (χ0n) is 9.05. The molecule has 2 unspecified atom stereocenters. The van der Waals surface area contributed by atoms with Crippen LogP contribution in [0.15, 0.2) is 0 Å². The number of aliphatic hydroxyl groups excluding tert-OH is 1. The third-order valence-electron chi connectivity index (χ3n) is 3.40. The van der Waals surface area contributed by atoms with Crippen molar-refractivity contribution in [3.05, 3.63) is 0 Å². The molecule has 0 bridgehead atoms. The van der Waals surface area contributed by atoms with Crippen LogP contribution in [-0.2, 0) is 4.74 Å². The van der Waals surface area contributed by atoms with Crippen molar-refractivity contribution < 1.29 is 9.84 Å². The number of aliphatic hydroxyl groups is 1. The normalized spacial score (nSPS) is 24.9. The van der Waals surface area contributed by atoms with Crippen LogP contribution in [0.4, 0.5) is 0 Å². The number of hydrogen-bond acceptors (Lipinski definition) is 2. The first-order valence-electron chi connectivity index (χ1n) is 5.46. The molecule has 0 heterocycles. The minimum absolute atomic E-state index is 0.272. The van der Waals surface area contributed by atoms with Crippen molar-refractivity contribution in [3.63, 3.8) is 0 Å². The Bertz CT molecular complexity index is 154. The summed E-state index contributed by atoms with van der Waals surface area (Å²) in [6.45, 7) is 6.78. The van der Waals surface area contributed by atoms with Crippen molar-refractivity contribution in [2.45, 2.75) is 58.2 Å².